The zero-order valence-electron chi connectivity index (χ0n) is 12.3. The number of hydrogen-bond donors (Lipinski definition) is 1. The molecule has 1 aliphatic heterocycles. The van der Waals surface area contributed by atoms with Crippen LogP contribution in [0.4, 0.5) is 11.8 Å². The van der Waals surface area contributed by atoms with Crippen LogP contribution in [-0.2, 0) is 13.0 Å². The van der Waals surface area contributed by atoms with Crippen molar-refractivity contribution in [3.05, 3.63) is 47.2 Å². The summed E-state index contributed by atoms with van der Waals surface area (Å²) in [5.41, 5.74) is 3.88. The van der Waals surface area contributed by atoms with Crippen molar-refractivity contribution in [2.24, 2.45) is 0 Å². The summed E-state index contributed by atoms with van der Waals surface area (Å²) in [5.74, 6) is 1.83. The van der Waals surface area contributed by atoms with E-state index < -0.39 is 0 Å². The quantitative estimate of drug-likeness (QED) is 0.938. The lowest BCUT2D eigenvalue weighted by atomic mass is 10.0. The molecule has 1 saturated carbocycles. The third kappa shape index (κ3) is 2.71. The molecule has 2 heterocycles. The summed E-state index contributed by atoms with van der Waals surface area (Å²) in [6, 6.07) is 11.3. The maximum absolute atomic E-state index is 4.71. The molecule has 2 aromatic rings. The summed E-state index contributed by atoms with van der Waals surface area (Å²) in [5, 5.41) is 3.48. The van der Waals surface area contributed by atoms with Crippen molar-refractivity contribution in [1.29, 1.82) is 0 Å². The number of aromatic nitrogens is 2. The Morgan fingerprint density at radius 1 is 1.14 bits per heavy atom. The molecule has 4 nitrogen and oxygen atoms in total. The zero-order chi connectivity index (χ0) is 14.2. The van der Waals surface area contributed by atoms with Crippen LogP contribution in [0.5, 0.6) is 0 Å². The second-order valence-electron chi connectivity index (χ2n) is 6.05. The first kappa shape index (κ1) is 12.6. The van der Waals surface area contributed by atoms with Gasteiger partial charge in [0.25, 0.3) is 0 Å². The first-order valence-electron chi connectivity index (χ1n) is 7.72. The number of aryl methyl sites for hydroxylation is 1. The monoisotopic (exact) mass is 280 g/mol. The Hall–Kier alpha value is -2.10. The molecular weight excluding hydrogens is 260 g/mol. The van der Waals surface area contributed by atoms with Crippen LogP contribution in [0.25, 0.3) is 0 Å². The molecule has 1 N–H and O–H groups in total. The molecule has 1 aliphatic carbocycles. The number of nitrogens with one attached hydrogen (secondary N) is 1. The van der Waals surface area contributed by atoms with Gasteiger partial charge in [0.2, 0.25) is 5.95 Å². The van der Waals surface area contributed by atoms with Gasteiger partial charge in [-0.2, -0.15) is 4.98 Å². The predicted octanol–water partition coefficient (Wildman–Crippen LogP) is 2.92. The smallest absolute Gasteiger partial charge is 0.227 e. The van der Waals surface area contributed by atoms with Gasteiger partial charge in [0.05, 0.1) is 0 Å². The molecule has 0 radical (unpaired) electrons. The third-order valence-electron chi connectivity index (χ3n) is 4.19. The van der Waals surface area contributed by atoms with Gasteiger partial charge in [-0.25, -0.2) is 4.98 Å². The molecule has 2 aliphatic rings. The molecule has 1 aromatic carbocycles. The standard InChI is InChI=1S/C17H20N4/c1-12-10-16(19-15-6-7-15)20-17(18-12)21-9-8-13-4-2-3-5-14(13)11-21/h2-5,10,15H,6-9,11H2,1H3,(H,18,19,20). The molecule has 108 valence electrons. The summed E-state index contributed by atoms with van der Waals surface area (Å²) < 4.78 is 0. The summed E-state index contributed by atoms with van der Waals surface area (Å²) in [6.07, 6.45) is 3.59. The molecule has 21 heavy (non-hydrogen) atoms. The van der Waals surface area contributed by atoms with E-state index in [1.54, 1.807) is 0 Å². The Morgan fingerprint density at radius 3 is 2.76 bits per heavy atom. The average Bonchev–Trinajstić information content (AvgIpc) is 3.30. The fraction of sp³-hybridized carbons (Fsp3) is 0.412. The Kier molecular flexibility index (Phi) is 3.02. The highest BCUT2D eigenvalue weighted by molar-refractivity contribution is 5.47. The summed E-state index contributed by atoms with van der Waals surface area (Å²) in [6.45, 7) is 3.94. The number of hydrogen-bond acceptors (Lipinski definition) is 4. The highest BCUT2D eigenvalue weighted by Gasteiger charge is 2.23. The van der Waals surface area contributed by atoms with E-state index in [1.807, 2.05) is 13.0 Å². The molecular formula is C17H20N4. The molecule has 1 fully saturated rings. The van der Waals surface area contributed by atoms with Gasteiger partial charge in [-0.05, 0) is 37.3 Å². The van der Waals surface area contributed by atoms with E-state index in [4.69, 9.17) is 4.98 Å². The zero-order valence-corrected chi connectivity index (χ0v) is 12.3. The van der Waals surface area contributed by atoms with E-state index >= 15 is 0 Å². The fourth-order valence-corrected chi connectivity index (χ4v) is 2.87. The minimum Gasteiger partial charge on any atom is -0.367 e. The highest BCUT2D eigenvalue weighted by Crippen LogP contribution is 2.26. The van der Waals surface area contributed by atoms with E-state index in [1.165, 1.54) is 24.0 Å². The maximum Gasteiger partial charge on any atom is 0.227 e. The lowest BCUT2D eigenvalue weighted by molar-refractivity contribution is 0.706. The predicted molar refractivity (Wildman–Crippen MR) is 84.6 cm³/mol. The van der Waals surface area contributed by atoms with Crippen LogP contribution in [0.3, 0.4) is 0 Å². The summed E-state index contributed by atoms with van der Waals surface area (Å²) in [4.78, 5) is 11.6. The van der Waals surface area contributed by atoms with Crippen molar-refractivity contribution in [3.63, 3.8) is 0 Å². The van der Waals surface area contributed by atoms with Crippen LogP contribution in [0.15, 0.2) is 30.3 Å². The molecule has 1 aromatic heterocycles. The van der Waals surface area contributed by atoms with Gasteiger partial charge < -0.3 is 10.2 Å². The van der Waals surface area contributed by atoms with Crippen LogP contribution in [0.1, 0.15) is 29.7 Å². The molecule has 0 saturated heterocycles. The Bertz CT molecular complexity index is 664. The number of anilines is 2. The molecule has 0 spiro atoms. The van der Waals surface area contributed by atoms with Gasteiger partial charge in [-0.1, -0.05) is 24.3 Å². The second kappa shape index (κ2) is 5.02. The van der Waals surface area contributed by atoms with E-state index in [0.29, 0.717) is 6.04 Å². The molecule has 0 unspecified atom stereocenters. The minimum absolute atomic E-state index is 0.620. The van der Waals surface area contributed by atoms with Crippen LogP contribution >= 0.6 is 0 Å². The van der Waals surface area contributed by atoms with Crippen molar-refractivity contribution >= 4 is 11.8 Å². The van der Waals surface area contributed by atoms with Crippen molar-refractivity contribution in [3.8, 4) is 0 Å². The van der Waals surface area contributed by atoms with Gasteiger partial charge in [-0.3, -0.25) is 0 Å². The van der Waals surface area contributed by atoms with E-state index in [-0.39, 0.29) is 0 Å². The minimum atomic E-state index is 0.620. The number of fused-ring (bicyclic) bond motifs is 1. The normalized spacial score (nSPS) is 17.5. The third-order valence-corrected chi connectivity index (χ3v) is 4.19. The van der Waals surface area contributed by atoms with Crippen LogP contribution < -0.4 is 10.2 Å². The Labute approximate surface area is 125 Å². The molecule has 4 rings (SSSR count). The van der Waals surface area contributed by atoms with Crippen molar-refractivity contribution in [2.75, 3.05) is 16.8 Å². The Balaban J connectivity index is 1.60. The number of nitrogens with zero attached hydrogens (tertiary/aromatic N) is 3. The Morgan fingerprint density at radius 2 is 1.95 bits per heavy atom. The summed E-state index contributed by atoms with van der Waals surface area (Å²) in [7, 11) is 0. The molecule has 0 bridgehead atoms. The number of benzene rings is 1. The van der Waals surface area contributed by atoms with Gasteiger partial charge in [-0.15, -0.1) is 0 Å². The van der Waals surface area contributed by atoms with Gasteiger partial charge in [0, 0.05) is 30.9 Å². The largest absolute Gasteiger partial charge is 0.367 e. The fourth-order valence-electron chi connectivity index (χ4n) is 2.87. The van der Waals surface area contributed by atoms with Crippen LogP contribution in [0, 0.1) is 6.92 Å². The summed E-state index contributed by atoms with van der Waals surface area (Å²) >= 11 is 0. The topological polar surface area (TPSA) is 41.1 Å². The van der Waals surface area contributed by atoms with Gasteiger partial charge in [0.1, 0.15) is 5.82 Å². The second-order valence-corrected chi connectivity index (χ2v) is 6.05. The van der Waals surface area contributed by atoms with E-state index in [0.717, 1.165) is 37.0 Å². The lowest BCUT2D eigenvalue weighted by Crippen LogP contribution is -2.32. The molecule has 4 heteroatoms. The van der Waals surface area contributed by atoms with E-state index in [2.05, 4.69) is 39.5 Å². The molecule has 0 amide bonds. The first-order chi connectivity index (χ1) is 10.3. The SMILES string of the molecule is Cc1cc(NC2CC2)nc(N2CCc3ccccc3C2)n1. The highest BCUT2D eigenvalue weighted by atomic mass is 15.3. The van der Waals surface area contributed by atoms with Crippen LogP contribution in [0.2, 0.25) is 0 Å². The molecule has 0 atom stereocenters. The van der Waals surface area contributed by atoms with Crippen LogP contribution in [-0.4, -0.2) is 22.6 Å². The van der Waals surface area contributed by atoms with Crippen molar-refractivity contribution < 1.29 is 0 Å². The van der Waals surface area contributed by atoms with Crippen molar-refractivity contribution in [2.45, 2.75) is 38.8 Å². The lowest BCUT2D eigenvalue weighted by Gasteiger charge is -2.29. The van der Waals surface area contributed by atoms with E-state index in [9.17, 15) is 0 Å². The maximum atomic E-state index is 4.71. The number of rotatable bonds is 3. The van der Waals surface area contributed by atoms with Crippen molar-refractivity contribution in [1.82, 2.24) is 9.97 Å². The van der Waals surface area contributed by atoms with Gasteiger partial charge >= 0.3 is 0 Å². The average molecular weight is 280 g/mol. The van der Waals surface area contributed by atoms with Gasteiger partial charge in [0.15, 0.2) is 0 Å². The first-order valence-corrected chi connectivity index (χ1v) is 7.72.